The number of carbonyl (C=O) groups is 3. The smallest absolute Gasteiger partial charge is 0.270 e. The molecule has 2 atom stereocenters. The number of alkyl halides is 2. The number of nitrogens with two attached hydrogens (primary N) is 2. The summed E-state index contributed by atoms with van der Waals surface area (Å²) in [6.07, 6.45) is 4.38. The van der Waals surface area contributed by atoms with Crippen molar-refractivity contribution < 1.29 is 23.2 Å². The third-order valence-electron chi connectivity index (χ3n) is 9.86. The molecule has 0 radical (unpaired) electrons. The minimum absolute atomic E-state index is 0. The molecule has 2 aromatic carbocycles. The van der Waals surface area contributed by atoms with Gasteiger partial charge in [-0.2, -0.15) is 0 Å². The number of carbonyl (C=O) groups excluding carboxylic acids is 3. The molecule has 1 saturated heterocycles. The number of rotatable bonds is 11. The van der Waals surface area contributed by atoms with E-state index in [-0.39, 0.29) is 42.9 Å². The number of piperidine rings is 1. The lowest BCUT2D eigenvalue weighted by Gasteiger charge is -2.35. The van der Waals surface area contributed by atoms with Crippen molar-refractivity contribution in [2.45, 2.75) is 63.5 Å². The van der Waals surface area contributed by atoms with Crippen molar-refractivity contribution in [1.29, 1.82) is 0 Å². The second-order valence-corrected chi connectivity index (χ2v) is 13.5. The number of anilines is 1. The van der Waals surface area contributed by atoms with E-state index in [9.17, 15) is 23.2 Å². The van der Waals surface area contributed by atoms with Crippen LogP contribution in [0.1, 0.15) is 53.7 Å². The van der Waals surface area contributed by atoms with Crippen molar-refractivity contribution in [2.75, 3.05) is 24.5 Å². The van der Waals surface area contributed by atoms with E-state index in [1.165, 1.54) is 4.90 Å². The quantitative estimate of drug-likeness (QED) is 0.153. The van der Waals surface area contributed by atoms with Gasteiger partial charge >= 0.3 is 0 Å². The number of benzene rings is 2. The van der Waals surface area contributed by atoms with Crippen LogP contribution in [-0.2, 0) is 16.0 Å². The van der Waals surface area contributed by atoms with Crippen molar-refractivity contribution in [1.82, 2.24) is 36.2 Å². The van der Waals surface area contributed by atoms with Crippen LogP contribution in [0.25, 0.3) is 22.5 Å². The highest BCUT2D eigenvalue weighted by Crippen LogP contribution is 2.33. The number of aromatic amines is 1. The van der Waals surface area contributed by atoms with Crippen LogP contribution in [0.3, 0.4) is 0 Å². The number of primary amides is 1. The van der Waals surface area contributed by atoms with E-state index in [2.05, 4.69) is 36.2 Å². The molecule has 13 nitrogen and oxygen atoms in total. The van der Waals surface area contributed by atoms with E-state index in [1.807, 2.05) is 31.2 Å². The molecule has 52 heavy (non-hydrogen) atoms. The summed E-state index contributed by atoms with van der Waals surface area (Å²) in [5, 5.41) is 19.2. The van der Waals surface area contributed by atoms with E-state index in [0.717, 1.165) is 40.7 Å². The summed E-state index contributed by atoms with van der Waals surface area (Å²) < 4.78 is 27.6. The minimum atomic E-state index is -2.88. The van der Waals surface area contributed by atoms with Crippen LogP contribution >= 0.6 is 12.4 Å². The van der Waals surface area contributed by atoms with E-state index >= 15 is 0 Å². The van der Waals surface area contributed by atoms with E-state index in [1.54, 1.807) is 36.5 Å². The van der Waals surface area contributed by atoms with Gasteiger partial charge in [0.15, 0.2) is 5.82 Å². The molecule has 7 N–H and O–H groups in total. The Balaban J connectivity index is 0.00000523. The molecule has 16 heteroatoms. The molecule has 6 rings (SSSR count). The SMILES string of the molecule is Cc1cc(C(=O)NC2CNCC(F)(F)C2)ncc1-c1ccc(C[C@@H](C(N)=O)N(c2ccc(-c3nnn[nH]3)cc2)C(=O)[C@H]2CC[C@H](CN)CC2)cc1.Cl. The highest BCUT2D eigenvalue weighted by Gasteiger charge is 2.38. The second-order valence-electron chi connectivity index (χ2n) is 13.5. The van der Waals surface area contributed by atoms with Crippen molar-refractivity contribution in [3.8, 4) is 22.5 Å². The predicted octanol–water partition coefficient (Wildman–Crippen LogP) is 3.58. The van der Waals surface area contributed by atoms with E-state index < -0.39 is 42.8 Å². The van der Waals surface area contributed by atoms with Crippen LogP contribution in [0.2, 0.25) is 0 Å². The highest BCUT2D eigenvalue weighted by molar-refractivity contribution is 6.02. The van der Waals surface area contributed by atoms with E-state index in [0.29, 0.717) is 36.8 Å². The fraction of sp³-hybridized carbons (Fsp3) is 0.417. The third kappa shape index (κ3) is 8.95. The van der Waals surface area contributed by atoms with Gasteiger partial charge in [0.25, 0.3) is 11.8 Å². The number of halogens is 3. The van der Waals surface area contributed by atoms with Crippen LogP contribution in [-0.4, -0.2) is 81.0 Å². The summed E-state index contributed by atoms with van der Waals surface area (Å²) in [4.78, 5) is 46.0. The monoisotopic (exact) mass is 736 g/mol. The molecule has 2 fully saturated rings. The summed E-state index contributed by atoms with van der Waals surface area (Å²) in [5.74, 6) is -3.60. The van der Waals surface area contributed by atoms with Crippen molar-refractivity contribution in [2.24, 2.45) is 23.3 Å². The van der Waals surface area contributed by atoms with Crippen molar-refractivity contribution in [3.63, 3.8) is 0 Å². The average molecular weight is 737 g/mol. The number of aryl methyl sites for hydroxylation is 1. The van der Waals surface area contributed by atoms with Gasteiger partial charge in [-0.3, -0.25) is 24.3 Å². The first-order chi connectivity index (χ1) is 24.5. The van der Waals surface area contributed by atoms with Crippen LogP contribution < -0.4 is 27.0 Å². The first-order valence-corrected chi connectivity index (χ1v) is 17.1. The van der Waals surface area contributed by atoms with Crippen LogP contribution in [0.15, 0.2) is 60.8 Å². The number of hydrogen-bond acceptors (Lipinski definition) is 9. The number of hydrogen-bond donors (Lipinski definition) is 5. The number of amides is 3. The van der Waals surface area contributed by atoms with Crippen LogP contribution in [0, 0.1) is 18.8 Å². The molecular formula is C36H43ClF2N10O3. The largest absolute Gasteiger partial charge is 0.368 e. The first kappa shape index (κ1) is 38.4. The minimum Gasteiger partial charge on any atom is -0.368 e. The fourth-order valence-electron chi connectivity index (χ4n) is 7.00. The lowest BCUT2D eigenvalue weighted by Crippen LogP contribution is -2.53. The standard InChI is InChI=1S/C36H42F2N10O3.ClH/c1-21-14-30(34(50)43-27-16-36(37,38)20-41-18-27)42-19-29(21)24-6-2-22(3-7-24)15-31(32(40)49)48(35(51)26-8-4-23(17-39)5-9-26)28-12-10-25(11-13-28)33-44-46-47-45-33;/h2-3,6-7,10-14,19,23,26-27,31,41H,4-5,8-9,15-18,20,39H2,1H3,(H2,40,49)(H,43,50)(H,44,45,46,47);1H/t23-,26-,27?,31-;/m0./s1. The molecule has 1 saturated carbocycles. The number of nitrogens with one attached hydrogen (secondary N) is 3. The number of tetrazole rings is 1. The Labute approximate surface area is 306 Å². The Morgan fingerprint density at radius 1 is 1.04 bits per heavy atom. The number of pyridine rings is 1. The summed E-state index contributed by atoms with van der Waals surface area (Å²) in [6.45, 7) is 2.28. The molecule has 2 aliphatic rings. The molecule has 276 valence electrons. The molecule has 1 unspecified atom stereocenters. The van der Waals surface area contributed by atoms with Crippen molar-refractivity contribution in [3.05, 3.63) is 77.6 Å². The van der Waals surface area contributed by atoms with Gasteiger partial charge in [-0.05, 0) is 103 Å². The van der Waals surface area contributed by atoms with Gasteiger partial charge in [0.2, 0.25) is 11.8 Å². The highest BCUT2D eigenvalue weighted by atomic mass is 35.5. The van der Waals surface area contributed by atoms with Gasteiger partial charge in [-0.25, -0.2) is 13.9 Å². The number of H-pyrrole nitrogens is 1. The Hall–Kier alpha value is -4.86. The zero-order valence-corrected chi connectivity index (χ0v) is 29.5. The summed E-state index contributed by atoms with van der Waals surface area (Å²) in [6, 6.07) is 14.6. The van der Waals surface area contributed by atoms with Gasteiger partial charge < -0.3 is 22.1 Å². The Bertz CT molecular complexity index is 1840. The maximum absolute atomic E-state index is 14.2. The molecular weight excluding hydrogens is 694 g/mol. The molecule has 1 aliphatic heterocycles. The Morgan fingerprint density at radius 3 is 2.33 bits per heavy atom. The second kappa shape index (κ2) is 16.7. The zero-order chi connectivity index (χ0) is 36.1. The molecule has 0 bridgehead atoms. The van der Waals surface area contributed by atoms with Crippen LogP contribution in [0.5, 0.6) is 0 Å². The van der Waals surface area contributed by atoms with Crippen LogP contribution in [0.4, 0.5) is 14.5 Å². The normalized spacial score (nSPS) is 20.3. The maximum atomic E-state index is 14.2. The molecule has 4 aromatic rings. The van der Waals surface area contributed by atoms with Gasteiger partial charge in [-0.1, -0.05) is 24.3 Å². The number of nitrogens with zero attached hydrogens (tertiary/aromatic N) is 5. The summed E-state index contributed by atoms with van der Waals surface area (Å²) in [5.41, 5.74) is 16.5. The lowest BCUT2D eigenvalue weighted by atomic mass is 9.81. The Kier molecular flexibility index (Phi) is 12.3. The molecule has 3 amide bonds. The van der Waals surface area contributed by atoms with Crippen molar-refractivity contribution >= 4 is 35.8 Å². The zero-order valence-electron chi connectivity index (χ0n) is 28.7. The van der Waals surface area contributed by atoms with Gasteiger partial charge in [-0.15, -0.1) is 17.5 Å². The Morgan fingerprint density at radius 2 is 1.73 bits per heavy atom. The van der Waals surface area contributed by atoms with Gasteiger partial charge in [0, 0.05) is 54.4 Å². The lowest BCUT2D eigenvalue weighted by molar-refractivity contribution is -0.127. The molecule has 0 spiro atoms. The average Bonchev–Trinajstić information content (AvgIpc) is 3.67. The topological polar surface area (TPSA) is 198 Å². The third-order valence-corrected chi connectivity index (χ3v) is 9.86. The van der Waals surface area contributed by atoms with Gasteiger partial charge in [0.1, 0.15) is 11.7 Å². The fourth-order valence-corrected chi connectivity index (χ4v) is 7.00. The van der Waals surface area contributed by atoms with E-state index in [4.69, 9.17) is 11.5 Å². The molecule has 1 aliphatic carbocycles. The summed E-state index contributed by atoms with van der Waals surface area (Å²) >= 11 is 0. The summed E-state index contributed by atoms with van der Waals surface area (Å²) in [7, 11) is 0. The first-order valence-electron chi connectivity index (χ1n) is 17.1. The predicted molar refractivity (Wildman–Crippen MR) is 194 cm³/mol. The molecule has 3 heterocycles. The molecule has 2 aromatic heterocycles. The maximum Gasteiger partial charge on any atom is 0.270 e. The number of aromatic nitrogens is 5. The van der Waals surface area contributed by atoms with Gasteiger partial charge in [0.05, 0.1) is 6.54 Å².